The van der Waals surface area contributed by atoms with E-state index >= 15 is 0 Å². The van der Waals surface area contributed by atoms with Crippen molar-refractivity contribution in [2.75, 3.05) is 18.1 Å². The molecule has 1 unspecified atom stereocenters. The number of amides is 1. The molecule has 3 aromatic carbocycles. The Hall–Kier alpha value is -3.54. The average Bonchev–Trinajstić information content (AvgIpc) is 3.41. The van der Waals surface area contributed by atoms with Gasteiger partial charge in [0.15, 0.2) is 0 Å². The first-order valence-electron chi connectivity index (χ1n) is 13.0. The van der Waals surface area contributed by atoms with Crippen LogP contribution in [0.1, 0.15) is 40.4 Å². The first-order chi connectivity index (χ1) is 20.2. The van der Waals surface area contributed by atoms with Crippen LogP contribution in [0.2, 0.25) is 10.0 Å². The lowest BCUT2D eigenvalue weighted by Gasteiger charge is -2.32. The Morgan fingerprint density at radius 3 is 2.07 bits per heavy atom. The van der Waals surface area contributed by atoms with E-state index < -0.39 is 36.1 Å². The monoisotopic (exact) mass is 641 g/mol. The number of aliphatic hydroxyl groups is 1. The smallest absolute Gasteiger partial charge is 0.369 e. The molecule has 5 rings (SSSR count). The lowest BCUT2D eigenvalue weighted by Crippen LogP contribution is -2.62. The summed E-state index contributed by atoms with van der Waals surface area (Å²) in [7, 11) is 0. The molecule has 0 saturated heterocycles. The van der Waals surface area contributed by atoms with Gasteiger partial charge in [0.25, 0.3) is 11.5 Å². The number of para-hydroxylation sites is 1. The standard InChI is InChI=1S/C30H23Cl2F6N3O2/c31-22-11-9-21(10-12-22)27(42)40-15-13-19(14-16-40)18-5-7-20(8-6-18)25-17-26(28(43,29(33,34)35)30(36,37)38)39-41(25)24-4-2-1-3-23(24)32/h1-13,25,43H,14-17H2. The molecule has 226 valence electrons. The number of carbonyl (C=O) groups is 1. The van der Waals surface area contributed by atoms with Crippen LogP contribution in [0.25, 0.3) is 5.57 Å². The van der Waals surface area contributed by atoms with Crippen molar-refractivity contribution >= 4 is 46.1 Å². The Morgan fingerprint density at radius 1 is 0.884 bits per heavy atom. The van der Waals surface area contributed by atoms with E-state index in [1.807, 2.05) is 6.08 Å². The van der Waals surface area contributed by atoms with Gasteiger partial charge in [0.2, 0.25) is 0 Å². The van der Waals surface area contributed by atoms with Crippen molar-refractivity contribution in [1.82, 2.24) is 4.90 Å². The lowest BCUT2D eigenvalue weighted by molar-refractivity contribution is -0.338. The van der Waals surface area contributed by atoms with Gasteiger partial charge >= 0.3 is 12.4 Å². The normalized spacial score (nSPS) is 18.0. The summed E-state index contributed by atoms with van der Waals surface area (Å²) in [5, 5.41) is 15.3. The second kappa shape index (κ2) is 11.5. The largest absolute Gasteiger partial charge is 0.431 e. The molecule has 0 spiro atoms. The predicted molar refractivity (Wildman–Crippen MR) is 152 cm³/mol. The average molecular weight is 642 g/mol. The molecule has 1 atom stereocenters. The molecule has 1 amide bonds. The third-order valence-electron chi connectivity index (χ3n) is 7.50. The molecule has 0 aromatic heterocycles. The number of hydrazone groups is 1. The number of halogens is 8. The Kier molecular flexibility index (Phi) is 8.28. The number of anilines is 1. The van der Waals surface area contributed by atoms with E-state index in [0.717, 1.165) is 16.1 Å². The highest BCUT2D eigenvalue weighted by atomic mass is 35.5. The minimum atomic E-state index is -6.06. The zero-order valence-electron chi connectivity index (χ0n) is 22.1. The van der Waals surface area contributed by atoms with Crippen LogP contribution >= 0.6 is 23.2 Å². The van der Waals surface area contributed by atoms with Crippen molar-refractivity contribution < 1.29 is 36.2 Å². The van der Waals surface area contributed by atoms with Gasteiger partial charge in [-0.05, 0) is 59.5 Å². The quantitative estimate of drug-likeness (QED) is 0.287. The summed E-state index contributed by atoms with van der Waals surface area (Å²) >= 11 is 12.1. The Morgan fingerprint density at radius 2 is 1.51 bits per heavy atom. The minimum Gasteiger partial charge on any atom is -0.369 e. The maximum atomic E-state index is 13.7. The van der Waals surface area contributed by atoms with Crippen molar-refractivity contribution in [2.24, 2.45) is 5.10 Å². The van der Waals surface area contributed by atoms with Crippen molar-refractivity contribution in [3.8, 4) is 0 Å². The topological polar surface area (TPSA) is 56.1 Å². The first kappa shape index (κ1) is 30.9. The van der Waals surface area contributed by atoms with Crippen LogP contribution in [0.5, 0.6) is 0 Å². The van der Waals surface area contributed by atoms with Crippen molar-refractivity contribution in [3.63, 3.8) is 0 Å². The summed E-state index contributed by atoms with van der Waals surface area (Å²) in [5.74, 6) is -0.142. The van der Waals surface area contributed by atoms with E-state index in [2.05, 4.69) is 5.10 Å². The molecule has 0 fully saturated rings. The molecule has 3 aromatic rings. The maximum Gasteiger partial charge on any atom is 0.431 e. The Bertz CT molecular complexity index is 1560. The van der Waals surface area contributed by atoms with Gasteiger partial charge in [0, 0.05) is 30.1 Å². The molecule has 0 aliphatic carbocycles. The molecule has 2 aliphatic heterocycles. The van der Waals surface area contributed by atoms with Crippen LogP contribution in [-0.2, 0) is 0 Å². The maximum absolute atomic E-state index is 13.7. The molecule has 0 bridgehead atoms. The van der Waals surface area contributed by atoms with Gasteiger partial charge in [-0.15, -0.1) is 0 Å². The van der Waals surface area contributed by atoms with Gasteiger partial charge < -0.3 is 10.0 Å². The fourth-order valence-corrected chi connectivity index (χ4v) is 5.50. The van der Waals surface area contributed by atoms with Crippen LogP contribution in [0.3, 0.4) is 0 Å². The predicted octanol–water partition coefficient (Wildman–Crippen LogP) is 8.09. The number of carbonyl (C=O) groups excluding carboxylic acids is 1. The van der Waals surface area contributed by atoms with E-state index in [1.54, 1.807) is 59.5 Å². The highest BCUT2D eigenvalue weighted by molar-refractivity contribution is 6.33. The van der Waals surface area contributed by atoms with E-state index in [4.69, 9.17) is 23.2 Å². The van der Waals surface area contributed by atoms with Crippen LogP contribution < -0.4 is 5.01 Å². The van der Waals surface area contributed by atoms with Gasteiger partial charge in [-0.2, -0.15) is 31.4 Å². The second-order valence-electron chi connectivity index (χ2n) is 10.1. The highest BCUT2D eigenvalue weighted by Crippen LogP contribution is 2.49. The van der Waals surface area contributed by atoms with Crippen molar-refractivity contribution in [3.05, 3.63) is 106 Å². The van der Waals surface area contributed by atoms with Gasteiger partial charge in [-0.1, -0.05) is 65.7 Å². The van der Waals surface area contributed by atoms with Gasteiger partial charge in [-0.3, -0.25) is 9.80 Å². The van der Waals surface area contributed by atoms with E-state index in [0.29, 0.717) is 35.7 Å². The molecular weight excluding hydrogens is 619 g/mol. The number of benzene rings is 3. The fourth-order valence-electron chi connectivity index (χ4n) is 5.15. The minimum absolute atomic E-state index is 0.0572. The van der Waals surface area contributed by atoms with Crippen molar-refractivity contribution in [1.29, 1.82) is 0 Å². The molecular formula is C30H23Cl2F6N3O2. The van der Waals surface area contributed by atoms with Crippen LogP contribution in [0.4, 0.5) is 32.0 Å². The van der Waals surface area contributed by atoms with Gasteiger partial charge in [0.05, 0.1) is 22.5 Å². The number of rotatable bonds is 5. The number of hydrogen-bond donors (Lipinski definition) is 1. The number of alkyl halides is 6. The first-order valence-corrected chi connectivity index (χ1v) is 13.8. The molecule has 43 heavy (non-hydrogen) atoms. The van der Waals surface area contributed by atoms with E-state index in [-0.39, 0.29) is 16.6 Å². The summed E-state index contributed by atoms with van der Waals surface area (Å²) < 4.78 is 82.2. The third kappa shape index (κ3) is 5.85. The van der Waals surface area contributed by atoms with Gasteiger partial charge in [0.1, 0.15) is 0 Å². The molecule has 0 radical (unpaired) electrons. The molecule has 2 aliphatic rings. The molecule has 1 N–H and O–H groups in total. The van der Waals surface area contributed by atoms with Crippen LogP contribution in [0, 0.1) is 0 Å². The zero-order valence-corrected chi connectivity index (χ0v) is 23.6. The van der Waals surface area contributed by atoms with E-state index in [1.165, 1.54) is 18.2 Å². The van der Waals surface area contributed by atoms with Crippen molar-refractivity contribution in [2.45, 2.75) is 36.8 Å². The Labute approximate surface area is 252 Å². The Balaban J connectivity index is 1.41. The molecule has 0 saturated carbocycles. The van der Waals surface area contributed by atoms with E-state index in [9.17, 15) is 36.2 Å². The SMILES string of the molecule is O=C(c1ccc(Cl)cc1)N1CC=C(c2ccc(C3CC(C(O)(C(F)(F)F)C(F)(F)F)=NN3c3ccccc3Cl)cc2)CC1. The molecule has 13 heteroatoms. The molecule has 5 nitrogen and oxygen atoms in total. The summed E-state index contributed by atoms with van der Waals surface area (Å²) in [6.45, 7) is 0.800. The lowest BCUT2D eigenvalue weighted by atomic mass is 9.89. The zero-order chi connectivity index (χ0) is 31.2. The summed E-state index contributed by atoms with van der Waals surface area (Å²) in [5.41, 5.74) is -3.95. The summed E-state index contributed by atoms with van der Waals surface area (Å²) in [6, 6.07) is 18.0. The number of nitrogens with zero attached hydrogens (tertiary/aromatic N) is 3. The van der Waals surface area contributed by atoms with Crippen LogP contribution in [0.15, 0.2) is 84.0 Å². The second-order valence-corrected chi connectivity index (χ2v) is 11.0. The highest BCUT2D eigenvalue weighted by Gasteiger charge is 2.74. The third-order valence-corrected chi connectivity index (χ3v) is 8.07. The fraction of sp³-hybridized carbons (Fsp3) is 0.267. The summed E-state index contributed by atoms with van der Waals surface area (Å²) in [6.07, 6.45) is -10.6. The van der Waals surface area contributed by atoms with Crippen LogP contribution in [-0.4, -0.2) is 52.7 Å². The van der Waals surface area contributed by atoms with Gasteiger partial charge in [-0.25, -0.2) is 0 Å². The molecule has 2 heterocycles. The summed E-state index contributed by atoms with van der Waals surface area (Å²) in [4.78, 5) is 14.5. The number of hydrogen-bond acceptors (Lipinski definition) is 4.